The van der Waals surface area contributed by atoms with Crippen LogP contribution in [0.3, 0.4) is 0 Å². The van der Waals surface area contributed by atoms with E-state index in [1.165, 1.54) is 23.1 Å². The largest absolute Gasteiger partial charge is 0.485 e. The van der Waals surface area contributed by atoms with E-state index in [0.717, 1.165) is 33.0 Å². The van der Waals surface area contributed by atoms with E-state index in [0.29, 0.717) is 22.7 Å². The Morgan fingerprint density at radius 3 is 2.57 bits per heavy atom. The third-order valence-electron chi connectivity index (χ3n) is 5.28. The van der Waals surface area contributed by atoms with Crippen molar-refractivity contribution in [3.05, 3.63) is 83.0 Å². The van der Waals surface area contributed by atoms with Gasteiger partial charge in [-0.3, -0.25) is 9.36 Å². The van der Waals surface area contributed by atoms with Crippen molar-refractivity contribution in [2.24, 2.45) is 0 Å². The Balaban J connectivity index is 1.39. The van der Waals surface area contributed by atoms with E-state index in [4.69, 9.17) is 4.74 Å². The first-order valence-electron chi connectivity index (χ1n) is 11.1. The third-order valence-corrected chi connectivity index (χ3v) is 7.14. The van der Waals surface area contributed by atoms with Crippen LogP contribution in [0.5, 0.6) is 5.75 Å². The molecule has 0 aliphatic rings. The van der Waals surface area contributed by atoms with Crippen LogP contribution in [0.4, 0.5) is 5.13 Å². The number of aryl methyl sites for hydroxylation is 3. The van der Waals surface area contributed by atoms with Gasteiger partial charge in [-0.25, -0.2) is 4.98 Å². The molecule has 35 heavy (non-hydrogen) atoms. The lowest BCUT2D eigenvalue weighted by Gasteiger charge is -2.12. The molecule has 0 saturated carbocycles. The number of allylic oxidation sites excluding steroid dienone is 1. The van der Waals surface area contributed by atoms with Gasteiger partial charge in [0.15, 0.2) is 16.1 Å². The van der Waals surface area contributed by atoms with Crippen LogP contribution in [0.2, 0.25) is 0 Å². The lowest BCUT2D eigenvalue weighted by Crippen LogP contribution is -2.15. The molecule has 0 aliphatic carbocycles. The maximum atomic E-state index is 12.6. The number of para-hydroxylation sites is 1. The first kappa shape index (κ1) is 24.7. The number of anilines is 1. The molecular weight excluding hydrogens is 478 g/mol. The smallest absolute Gasteiger partial charge is 0.236 e. The SMILES string of the molecule is C=CCn1c(COc2c(C)cccc2C)nnc1SCC(=O)Nc1nc(-c2ccccc2)c(C)s1. The number of ether oxygens (including phenoxy) is 1. The van der Waals surface area contributed by atoms with E-state index in [2.05, 4.69) is 27.1 Å². The summed E-state index contributed by atoms with van der Waals surface area (Å²) in [5.74, 6) is 1.57. The number of nitrogens with zero attached hydrogens (tertiary/aromatic N) is 4. The van der Waals surface area contributed by atoms with Crippen LogP contribution < -0.4 is 10.1 Å². The molecule has 0 spiro atoms. The van der Waals surface area contributed by atoms with Crippen LogP contribution in [-0.4, -0.2) is 31.4 Å². The Kier molecular flexibility index (Phi) is 7.99. The monoisotopic (exact) mass is 505 g/mol. The van der Waals surface area contributed by atoms with Gasteiger partial charge in [-0.2, -0.15) is 0 Å². The minimum atomic E-state index is -0.148. The molecule has 1 N–H and O–H groups in total. The molecule has 1 amide bonds. The van der Waals surface area contributed by atoms with Crippen molar-refractivity contribution < 1.29 is 9.53 Å². The number of hydrogen-bond acceptors (Lipinski definition) is 7. The van der Waals surface area contributed by atoms with Gasteiger partial charge in [-0.1, -0.05) is 66.4 Å². The molecule has 180 valence electrons. The highest BCUT2D eigenvalue weighted by Gasteiger charge is 2.16. The minimum absolute atomic E-state index is 0.148. The van der Waals surface area contributed by atoms with Gasteiger partial charge in [0.2, 0.25) is 5.91 Å². The van der Waals surface area contributed by atoms with Crippen molar-refractivity contribution in [3.8, 4) is 17.0 Å². The van der Waals surface area contributed by atoms with Gasteiger partial charge in [0.05, 0.1) is 11.4 Å². The van der Waals surface area contributed by atoms with Crippen LogP contribution in [0.15, 0.2) is 66.3 Å². The molecule has 0 radical (unpaired) electrons. The highest BCUT2D eigenvalue weighted by molar-refractivity contribution is 7.99. The molecule has 0 bridgehead atoms. The minimum Gasteiger partial charge on any atom is -0.485 e. The topological polar surface area (TPSA) is 81.9 Å². The molecule has 2 heterocycles. The summed E-state index contributed by atoms with van der Waals surface area (Å²) < 4.78 is 7.97. The normalized spacial score (nSPS) is 10.8. The fourth-order valence-electron chi connectivity index (χ4n) is 3.61. The average Bonchev–Trinajstić information content (AvgIpc) is 3.40. The molecule has 0 aliphatic heterocycles. The number of carbonyl (C=O) groups is 1. The molecule has 0 saturated heterocycles. The number of benzene rings is 2. The van der Waals surface area contributed by atoms with E-state index in [1.807, 2.05) is 73.9 Å². The van der Waals surface area contributed by atoms with Crippen molar-refractivity contribution in [2.75, 3.05) is 11.1 Å². The predicted molar refractivity (Wildman–Crippen MR) is 142 cm³/mol. The second-order valence-corrected chi connectivity index (χ2v) is 10.1. The summed E-state index contributed by atoms with van der Waals surface area (Å²) in [6.07, 6.45) is 1.78. The molecule has 9 heteroatoms. The molecule has 2 aromatic carbocycles. The molecule has 0 atom stereocenters. The van der Waals surface area contributed by atoms with E-state index >= 15 is 0 Å². The second-order valence-electron chi connectivity index (χ2n) is 7.93. The third kappa shape index (κ3) is 5.98. The molecule has 0 unspecified atom stereocenters. The number of thioether (sulfide) groups is 1. The summed E-state index contributed by atoms with van der Waals surface area (Å²) >= 11 is 2.79. The first-order chi connectivity index (χ1) is 17.0. The summed E-state index contributed by atoms with van der Waals surface area (Å²) in [5.41, 5.74) is 4.06. The molecular formula is C26H27N5O2S2. The van der Waals surface area contributed by atoms with Gasteiger partial charge >= 0.3 is 0 Å². The predicted octanol–water partition coefficient (Wildman–Crippen LogP) is 5.82. The zero-order chi connectivity index (χ0) is 24.8. The van der Waals surface area contributed by atoms with E-state index < -0.39 is 0 Å². The zero-order valence-corrected chi connectivity index (χ0v) is 21.6. The maximum absolute atomic E-state index is 12.6. The standard InChI is InChI=1S/C26H27N5O2S2/c1-5-14-31-21(15-33-24-17(2)10-9-11-18(24)3)29-30-26(31)34-16-22(32)27-25-28-23(19(4)35-25)20-12-7-6-8-13-20/h5-13H,1,14-16H2,2-4H3,(H,27,28,32). The van der Waals surface area contributed by atoms with E-state index in [1.54, 1.807) is 6.08 Å². The lowest BCUT2D eigenvalue weighted by atomic mass is 10.1. The number of hydrogen-bond donors (Lipinski definition) is 1. The van der Waals surface area contributed by atoms with Crippen LogP contribution in [0.1, 0.15) is 21.8 Å². The average molecular weight is 506 g/mol. The van der Waals surface area contributed by atoms with Gasteiger partial charge in [0, 0.05) is 17.0 Å². The Labute approximate surface area is 213 Å². The summed E-state index contributed by atoms with van der Waals surface area (Å²) in [6.45, 7) is 10.7. The Morgan fingerprint density at radius 1 is 1.11 bits per heavy atom. The summed E-state index contributed by atoms with van der Waals surface area (Å²) in [5, 5.41) is 12.7. The highest BCUT2D eigenvalue weighted by Crippen LogP contribution is 2.30. The summed E-state index contributed by atoms with van der Waals surface area (Å²) in [6, 6.07) is 16.0. The Morgan fingerprint density at radius 2 is 1.86 bits per heavy atom. The molecule has 0 fully saturated rings. The quantitative estimate of drug-likeness (QED) is 0.216. The van der Waals surface area contributed by atoms with Crippen LogP contribution in [0, 0.1) is 20.8 Å². The molecule has 2 aromatic heterocycles. The molecule has 7 nitrogen and oxygen atoms in total. The Hall–Kier alpha value is -3.43. The van der Waals surface area contributed by atoms with Gasteiger partial charge in [-0.05, 0) is 31.9 Å². The summed E-state index contributed by atoms with van der Waals surface area (Å²) in [7, 11) is 0. The number of carbonyl (C=O) groups excluding carboxylic acids is 1. The van der Waals surface area contributed by atoms with Crippen molar-refractivity contribution in [1.82, 2.24) is 19.7 Å². The van der Waals surface area contributed by atoms with Gasteiger partial charge < -0.3 is 10.1 Å². The lowest BCUT2D eigenvalue weighted by molar-refractivity contribution is -0.113. The number of rotatable bonds is 10. The highest BCUT2D eigenvalue weighted by atomic mass is 32.2. The zero-order valence-electron chi connectivity index (χ0n) is 19.9. The molecule has 4 aromatic rings. The Bertz CT molecular complexity index is 1310. The van der Waals surface area contributed by atoms with E-state index in [-0.39, 0.29) is 18.3 Å². The number of amides is 1. The van der Waals surface area contributed by atoms with Crippen LogP contribution >= 0.6 is 23.1 Å². The van der Waals surface area contributed by atoms with E-state index in [9.17, 15) is 4.79 Å². The van der Waals surface area contributed by atoms with Crippen molar-refractivity contribution in [1.29, 1.82) is 0 Å². The van der Waals surface area contributed by atoms with Gasteiger partial charge in [-0.15, -0.1) is 28.1 Å². The van der Waals surface area contributed by atoms with Crippen molar-refractivity contribution in [2.45, 2.75) is 39.1 Å². The maximum Gasteiger partial charge on any atom is 0.236 e. The van der Waals surface area contributed by atoms with Crippen LogP contribution in [0.25, 0.3) is 11.3 Å². The number of nitrogens with one attached hydrogen (secondary N) is 1. The second kappa shape index (κ2) is 11.3. The van der Waals surface area contributed by atoms with Crippen molar-refractivity contribution >= 4 is 34.1 Å². The van der Waals surface area contributed by atoms with Crippen LogP contribution in [-0.2, 0) is 17.9 Å². The molecule has 4 rings (SSSR count). The summed E-state index contributed by atoms with van der Waals surface area (Å²) in [4.78, 5) is 18.3. The number of aromatic nitrogens is 4. The fourth-order valence-corrected chi connectivity index (χ4v) is 5.23. The fraction of sp³-hybridized carbons (Fsp3) is 0.231. The first-order valence-corrected chi connectivity index (χ1v) is 12.9. The van der Waals surface area contributed by atoms with Gasteiger partial charge in [0.1, 0.15) is 12.4 Å². The number of thiazole rings is 1. The van der Waals surface area contributed by atoms with Gasteiger partial charge in [0.25, 0.3) is 0 Å². The van der Waals surface area contributed by atoms with Crippen molar-refractivity contribution in [3.63, 3.8) is 0 Å².